The van der Waals surface area contributed by atoms with Crippen molar-refractivity contribution < 1.29 is 41.6 Å². The van der Waals surface area contributed by atoms with Crippen molar-refractivity contribution in [2.45, 2.75) is 37.5 Å². The zero-order valence-corrected chi connectivity index (χ0v) is 15.6. The van der Waals surface area contributed by atoms with Crippen molar-refractivity contribution >= 4 is 12.2 Å². The zero-order valence-electron chi connectivity index (χ0n) is 15.6. The van der Waals surface area contributed by atoms with E-state index >= 15 is 0 Å². The van der Waals surface area contributed by atoms with Crippen LogP contribution in [-0.2, 0) is 10.9 Å². The second-order valence-corrected chi connectivity index (χ2v) is 6.84. The summed E-state index contributed by atoms with van der Waals surface area (Å²) in [6.45, 7) is -0.385. The molecule has 2 aromatic rings. The number of hydrogen-bond donors (Lipinski definition) is 2. The largest absolute Gasteiger partial charge is 0.461 e. The molecule has 0 spiro atoms. The summed E-state index contributed by atoms with van der Waals surface area (Å²) in [4.78, 5) is 0. The summed E-state index contributed by atoms with van der Waals surface area (Å²) in [6.07, 6.45) is -4.97. The predicted octanol–water partition coefficient (Wildman–Crippen LogP) is 4.39. The lowest BCUT2D eigenvalue weighted by atomic mass is 10.0. The molecule has 9 heteroatoms. The van der Waals surface area contributed by atoms with Crippen LogP contribution in [0.15, 0.2) is 36.4 Å². The fraction of sp³-hybridized carbons (Fsp3) is 0.333. The van der Waals surface area contributed by atoms with E-state index in [1.165, 1.54) is 18.2 Å². The van der Waals surface area contributed by atoms with E-state index in [2.05, 4.69) is 0 Å². The van der Waals surface area contributed by atoms with E-state index in [1.807, 2.05) is 0 Å². The Labute approximate surface area is 169 Å². The summed E-state index contributed by atoms with van der Waals surface area (Å²) in [5.74, 6) is -2.46. The Bertz CT molecular complexity index is 913. The van der Waals surface area contributed by atoms with Gasteiger partial charge in [0.05, 0.1) is 24.4 Å². The molecule has 0 amide bonds. The summed E-state index contributed by atoms with van der Waals surface area (Å²) in [5.41, 5.74) is -1.23. The lowest BCUT2D eigenvalue weighted by Crippen LogP contribution is -2.40. The molecule has 1 aliphatic heterocycles. The van der Waals surface area contributed by atoms with Gasteiger partial charge in [-0.15, -0.1) is 0 Å². The second kappa shape index (κ2) is 9.11. The van der Waals surface area contributed by atoms with Crippen LogP contribution >= 0.6 is 0 Å². The molecule has 30 heavy (non-hydrogen) atoms. The van der Waals surface area contributed by atoms with Crippen LogP contribution in [0.3, 0.4) is 0 Å². The summed E-state index contributed by atoms with van der Waals surface area (Å²) in [7, 11) is 0. The average Bonchev–Trinajstić information content (AvgIpc) is 2.67. The van der Waals surface area contributed by atoms with Crippen molar-refractivity contribution in [2.24, 2.45) is 0 Å². The lowest BCUT2D eigenvalue weighted by molar-refractivity contribution is -0.185. The fourth-order valence-electron chi connectivity index (χ4n) is 3.18. The first kappa shape index (κ1) is 22.2. The molecule has 3 atom stereocenters. The van der Waals surface area contributed by atoms with Gasteiger partial charge >= 0.3 is 6.18 Å². The SMILES string of the molecule is OCC1CC(O)CC(Oc2c(F)cc(F)cc2/C=C/c2ccccc2C(F)(F)F)O1. The van der Waals surface area contributed by atoms with E-state index in [-0.39, 0.29) is 30.6 Å². The van der Waals surface area contributed by atoms with Crippen molar-refractivity contribution in [1.29, 1.82) is 0 Å². The van der Waals surface area contributed by atoms with Crippen LogP contribution in [0.4, 0.5) is 22.0 Å². The van der Waals surface area contributed by atoms with E-state index in [0.29, 0.717) is 6.07 Å². The molecule has 1 fully saturated rings. The van der Waals surface area contributed by atoms with Gasteiger partial charge in [0.1, 0.15) is 5.82 Å². The van der Waals surface area contributed by atoms with Gasteiger partial charge in [-0.3, -0.25) is 0 Å². The first-order valence-electron chi connectivity index (χ1n) is 9.11. The molecule has 0 bridgehead atoms. The molecule has 1 saturated heterocycles. The highest BCUT2D eigenvalue weighted by molar-refractivity contribution is 5.74. The van der Waals surface area contributed by atoms with Crippen LogP contribution in [0.2, 0.25) is 0 Å². The maximum atomic E-state index is 14.4. The Kier molecular flexibility index (Phi) is 6.74. The summed E-state index contributed by atoms with van der Waals surface area (Å²) >= 11 is 0. The fourth-order valence-corrected chi connectivity index (χ4v) is 3.18. The number of aliphatic hydroxyl groups excluding tert-OH is 2. The van der Waals surface area contributed by atoms with Crippen LogP contribution in [0.1, 0.15) is 29.5 Å². The molecule has 3 unspecified atom stereocenters. The van der Waals surface area contributed by atoms with Gasteiger partial charge in [0, 0.05) is 24.5 Å². The van der Waals surface area contributed by atoms with Gasteiger partial charge in [0.25, 0.3) is 0 Å². The first-order chi connectivity index (χ1) is 14.2. The molecule has 0 aromatic heterocycles. The molecule has 162 valence electrons. The number of benzene rings is 2. The molecule has 2 aromatic carbocycles. The summed E-state index contributed by atoms with van der Waals surface area (Å²) in [6, 6.07) is 6.25. The Balaban J connectivity index is 1.92. The standard InChI is InChI=1S/C21H19F5O4/c22-14-7-13(6-5-12-3-1-2-4-17(12)21(24,25)26)20(18(23)8-14)30-19-10-15(28)9-16(11-27)29-19/h1-8,15-16,19,27-28H,9-11H2/b6-5+. The average molecular weight is 430 g/mol. The van der Waals surface area contributed by atoms with Crippen LogP contribution < -0.4 is 4.74 Å². The highest BCUT2D eigenvalue weighted by Crippen LogP contribution is 2.34. The molecule has 1 heterocycles. The van der Waals surface area contributed by atoms with Crippen LogP contribution in [0, 0.1) is 11.6 Å². The number of rotatable bonds is 5. The third kappa shape index (κ3) is 5.35. The van der Waals surface area contributed by atoms with Gasteiger partial charge in [-0.1, -0.05) is 30.4 Å². The molecule has 4 nitrogen and oxygen atoms in total. The van der Waals surface area contributed by atoms with Gasteiger partial charge in [-0.2, -0.15) is 13.2 Å². The minimum absolute atomic E-state index is 0.0205. The van der Waals surface area contributed by atoms with Gasteiger partial charge in [-0.05, 0) is 17.7 Å². The van der Waals surface area contributed by atoms with E-state index in [9.17, 15) is 32.2 Å². The van der Waals surface area contributed by atoms with Crippen molar-refractivity contribution in [1.82, 2.24) is 0 Å². The smallest absolute Gasteiger partial charge is 0.416 e. The van der Waals surface area contributed by atoms with Crippen molar-refractivity contribution in [3.05, 3.63) is 64.7 Å². The van der Waals surface area contributed by atoms with E-state index in [4.69, 9.17) is 9.47 Å². The van der Waals surface area contributed by atoms with Gasteiger partial charge < -0.3 is 19.7 Å². The van der Waals surface area contributed by atoms with Gasteiger partial charge in [-0.25, -0.2) is 8.78 Å². The Hall–Kier alpha value is -2.49. The van der Waals surface area contributed by atoms with E-state index < -0.39 is 47.6 Å². The molecule has 2 N–H and O–H groups in total. The predicted molar refractivity (Wildman–Crippen MR) is 98.3 cm³/mol. The van der Waals surface area contributed by atoms with Gasteiger partial charge in [0.2, 0.25) is 6.29 Å². The number of hydrogen-bond acceptors (Lipinski definition) is 4. The maximum Gasteiger partial charge on any atom is 0.416 e. The highest BCUT2D eigenvalue weighted by Gasteiger charge is 2.33. The van der Waals surface area contributed by atoms with Crippen molar-refractivity contribution in [2.75, 3.05) is 6.61 Å². The second-order valence-electron chi connectivity index (χ2n) is 6.84. The number of alkyl halides is 3. The Morgan fingerprint density at radius 3 is 2.47 bits per heavy atom. The van der Waals surface area contributed by atoms with Crippen molar-refractivity contribution in [3.8, 4) is 5.75 Å². The quantitative estimate of drug-likeness (QED) is 0.546. The van der Waals surface area contributed by atoms with Crippen LogP contribution in [0.25, 0.3) is 12.2 Å². The Morgan fingerprint density at radius 1 is 1.07 bits per heavy atom. The minimum Gasteiger partial charge on any atom is -0.461 e. The Morgan fingerprint density at radius 2 is 1.77 bits per heavy atom. The molecule has 0 radical (unpaired) electrons. The van der Waals surface area contributed by atoms with E-state index in [0.717, 1.165) is 24.3 Å². The first-order valence-corrected chi connectivity index (χ1v) is 9.11. The van der Waals surface area contributed by atoms with Gasteiger partial charge in [0.15, 0.2) is 11.6 Å². The summed E-state index contributed by atoms with van der Waals surface area (Å²) in [5, 5.41) is 19.1. The third-order valence-electron chi connectivity index (χ3n) is 4.54. The lowest BCUT2D eigenvalue weighted by Gasteiger charge is -2.32. The van der Waals surface area contributed by atoms with Crippen molar-refractivity contribution in [3.63, 3.8) is 0 Å². The molecular weight excluding hydrogens is 411 g/mol. The maximum absolute atomic E-state index is 14.4. The van der Waals surface area contributed by atoms with Crippen LogP contribution in [-0.4, -0.2) is 35.3 Å². The number of ether oxygens (including phenoxy) is 2. The molecule has 3 rings (SSSR count). The molecule has 0 aliphatic carbocycles. The molecule has 0 saturated carbocycles. The molecular formula is C21H19F5O4. The normalized spacial score (nSPS) is 22.4. The van der Waals surface area contributed by atoms with E-state index in [1.54, 1.807) is 0 Å². The minimum atomic E-state index is -4.60. The third-order valence-corrected chi connectivity index (χ3v) is 4.54. The number of aliphatic hydroxyl groups is 2. The monoisotopic (exact) mass is 430 g/mol. The van der Waals surface area contributed by atoms with Crippen LogP contribution in [0.5, 0.6) is 5.75 Å². The highest BCUT2D eigenvalue weighted by atomic mass is 19.4. The zero-order chi connectivity index (χ0) is 21.9. The topological polar surface area (TPSA) is 58.9 Å². The summed E-state index contributed by atoms with van der Waals surface area (Å²) < 4.78 is 78.5. The molecule has 1 aliphatic rings. The number of halogens is 5.